The summed E-state index contributed by atoms with van der Waals surface area (Å²) in [7, 11) is 0. The van der Waals surface area contributed by atoms with Crippen molar-refractivity contribution in [3.63, 3.8) is 0 Å². The number of carbonyl (C=O) groups is 1. The van der Waals surface area contributed by atoms with Crippen molar-refractivity contribution < 1.29 is 9.53 Å². The van der Waals surface area contributed by atoms with Crippen molar-refractivity contribution in [2.75, 3.05) is 13.2 Å². The van der Waals surface area contributed by atoms with E-state index in [0.717, 1.165) is 24.3 Å². The van der Waals surface area contributed by atoms with Gasteiger partial charge in [0.1, 0.15) is 0 Å². The lowest BCUT2D eigenvalue weighted by Gasteiger charge is -2.05. The average molecular weight is 240 g/mol. The van der Waals surface area contributed by atoms with Crippen LogP contribution in [0.3, 0.4) is 0 Å². The first-order chi connectivity index (χ1) is 7.70. The van der Waals surface area contributed by atoms with Gasteiger partial charge in [-0.2, -0.15) is 0 Å². The molecule has 0 saturated carbocycles. The lowest BCUT2D eigenvalue weighted by molar-refractivity contribution is 0.0929. The monoisotopic (exact) mass is 240 g/mol. The molecule has 16 heavy (non-hydrogen) atoms. The minimum atomic E-state index is 0.238. The molecule has 0 unspecified atom stereocenters. The van der Waals surface area contributed by atoms with E-state index in [4.69, 9.17) is 4.74 Å². The molecule has 1 rings (SSSR count). The molecule has 0 aliphatic heterocycles. The molecular weight excluding hydrogens is 220 g/mol. The van der Waals surface area contributed by atoms with E-state index in [1.807, 2.05) is 17.5 Å². The van der Waals surface area contributed by atoms with Crippen LogP contribution in [0, 0.1) is 5.92 Å². The predicted octanol–water partition coefficient (Wildman–Crippen LogP) is 3.77. The summed E-state index contributed by atoms with van der Waals surface area (Å²) in [5, 5.41) is 1.94. The van der Waals surface area contributed by atoms with Gasteiger partial charge in [-0.25, -0.2) is 0 Å². The topological polar surface area (TPSA) is 26.3 Å². The van der Waals surface area contributed by atoms with E-state index >= 15 is 0 Å². The Morgan fingerprint density at radius 2 is 2.25 bits per heavy atom. The molecule has 0 bridgehead atoms. The summed E-state index contributed by atoms with van der Waals surface area (Å²) in [5.41, 5.74) is 0. The van der Waals surface area contributed by atoms with Gasteiger partial charge in [0.05, 0.1) is 4.88 Å². The molecule has 0 aliphatic rings. The first-order valence-electron chi connectivity index (χ1n) is 5.84. The fraction of sp³-hybridized carbons (Fsp3) is 0.615. The van der Waals surface area contributed by atoms with Crippen LogP contribution in [0.25, 0.3) is 0 Å². The van der Waals surface area contributed by atoms with Gasteiger partial charge in [-0.1, -0.05) is 19.9 Å². The highest BCUT2D eigenvalue weighted by atomic mass is 32.1. The maximum Gasteiger partial charge on any atom is 0.172 e. The van der Waals surface area contributed by atoms with E-state index in [1.165, 1.54) is 11.3 Å². The lowest BCUT2D eigenvalue weighted by atomic mass is 10.1. The zero-order valence-electron chi connectivity index (χ0n) is 10.1. The predicted molar refractivity (Wildman–Crippen MR) is 68.2 cm³/mol. The molecule has 0 N–H and O–H groups in total. The summed E-state index contributed by atoms with van der Waals surface area (Å²) in [6.07, 6.45) is 2.52. The van der Waals surface area contributed by atoms with Crippen LogP contribution in [0.5, 0.6) is 0 Å². The minimum Gasteiger partial charge on any atom is -0.381 e. The highest BCUT2D eigenvalue weighted by Crippen LogP contribution is 2.12. The molecule has 0 spiro atoms. The van der Waals surface area contributed by atoms with Crippen LogP contribution >= 0.6 is 11.3 Å². The van der Waals surface area contributed by atoms with Crippen molar-refractivity contribution in [1.82, 2.24) is 0 Å². The number of carbonyl (C=O) groups excluding carboxylic acids is 1. The summed E-state index contributed by atoms with van der Waals surface area (Å²) < 4.78 is 5.46. The van der Waals surface area contributed by atoms with Gasteiger partial charge in [0.2, 0.25) is 0 Å². The Hall–Kier alpha value is -0.670. The molecule has 3 heteroatoms. The minimum absolute atomic E-state index is 0.238. The van der Waals surface area contributed by atoms with E-state index in [-0.39, 0.29) is 5.78 Å². The quantitative estimate of drug-likeness (QED) is 0.510. The van der Waals surface area contributed by atoms with E-state index in [9.17, 15) is 4.79 Å². The number of thiophene rings is 1. The SMILES string of the molecule is CC(C)CCOCCCC(=O)c1cccs1. The fourth-order valence-corrected chi connectivity index (χ4v) is 2.01. The molecule has 0 aromatic carbocycles. The lowest BCUT2D eigenvalue weighted by Crippen LogP contribution is -2.03. The second-order valence-electron chi connectivity index (χ2n) is 4.30. The zero-order chi connectivity index (χ0) is 11.8. The number of hydrogen-bond acceptors (Lipinski definition) is 3. The molecule has 0 saturated heterocycles. The smallest absolute Gasteiger partial charge is 0.172 e. The van der Waals surface area contributed by atoms with Crippen molar-refractivity contribution >= 4 is 17.1 Å². The highest BCUT2D eigenvalue weighted by molar-refractivity contribution is 7.12. The zero-order valence-corrected chi connectivity index (χ0v) is 10.9. The number of ether oxygens (including phenoxy) is 1. The van der Waals surface area contributed by atoms with Crippen molar-refractivity contribution in [3.8, 4) is 0 Å². The van der Waals surface area contributed by atoms with Gasteiger partial charge in [0.25, 0.3) is 0 Å². The molecule has 0 radical (unpaired) electrons. The van der Waals surface area contributed by atoms with Crippen molar-refractivity contribution in [2.45, 2.75) is 33.1 Å². The Bertz CT molecular complexity index is 291. The maximum absolute atomic E-state index is 11.6. The number of hydrogen-bond donors (Lipinski definition) is 0. The van der Waals surface area contributed by atoms with Crippen LogP contribution in [0.1, 0.15) is 42.8 Å². The second-order valence-corrected chi connectivity index (χ2v) is 5.25. The highest BCUT2D eigenvalue weighted by Gasteiger charge is 2.05. The van der Waals surface area contributed by atoms with Crippen LogP contribution in [-0.2, 0) is 4.74 Å². The van der Waals surface area contributed by atoms with Gasteiger partial charge in [0, 0.05) is 19.6 Å². The van der Waals surface area contributed by atoms with E-state index in [1.54, 1.807) is 0 Å². The Labute approximate surface area is 102 Å². The van der Waals surface area contributed by atoms with E-state index in [2.05, 4.69) is 13.8 Å². The van der Waals surface area contributed by atoms with Crippen LogP contribution < -0.4 is 0 Å². The Morgan fingerprint density at radius 1 is 1.44 bits per heavy atom. The number of rotatable bonds is 8. The molecule has 90 valence electrons. The molecule has 1 aromatic heterocycles. The first-order valence-corrected chi connectivity index (χ1v) is 6.72. The summed E-state index contributed by atoms with van der Waals surface area (Å²) in [4.78, 5) is 12.5. The fourth-order valence-electron chi connectivity index (χ4n) is 1.32. The molecular formula is C13H20O2S. The van der Waals surface area contributed by atoms with Crippen molar-refractivity contribution in [1.29, 1.82) is 0 Å². The van der Waals surface area contributed by atoms with Gasteiger partial charge in [0.15, 0.2) is 5.78 Å². The van der Waals surface area contributed by atoms with E-state index < -0.39 is 0 Å². The number of ketones is 1. The Kier molecular flexibility index (Phi) is 6.34. The largest absolute Gasteiger partial charge is 0.381 e. The molecule has 0 amide bonds. The Morgan fingerprint density at radius 3 is 2.88 bits per heavy atom. The van der Waals surface area contributed by atoms with Gasteiger partial charge in [-0.15, -0.1) is 11.3 Å². The Balaban J connectivity index is 2.01. The first kappa shape index (κ1) is 13.4. The molecule has 0 atom stereocenters. The van der Waals surface area contributed by atoms with Crippen molar-refractivity contribution in [2.24, 2.45) is 5.92 Å². The summed E-state index contributed by atoms with van der Waals surface area (Å²) in [6.45, 7) is 5.88. The van der Waals surface area contributed by atoms with Crippen LogP contribution in [0.4, 0.5) is 0 Å². The molecule has 0 fully saturated rings. The van der Waals surface area contributed by atoms with Gasteiger partial charge in [-0.3, -0.25) is 4.79 Å². The normalized spacial score (nSPS) is 10.9. The van der Waals surface area contributed by atoms with Gasteiger partial charge in [-0.05, 0) is 30.2 Å². The molecule has 2 nitrogen and oxygen atoms in total. The number of Topliss-reactive ketones (excluding diaryl/α,β-unsaturated/α-hetero) is 1. The average Bonchev–Trinajstić information content (AvgIpc) is 2.75. The third-order valence-electron chi connectivity index (χ3n) is 2.33. The second kappa shape index (κ2) is 7.58. The molecule has 1 heterocycles. The summed E-state index contributed by atoms with van der Waals surface area (Å²) >= 11 is 1.51. The van der Waals surface area contributed by atoms with Crippen LogP contribution in [-0.4, -0.2) is 19.0 Å². The summed E-state index contributed by atoms with van der Waals surface area (Å²) in [5.74, 6) is 0.926. The van der Waals surface area contributed by atoms with Crippen LogP contribution in [0.2, 0.25) is 0 Å². The van der Waals surface area contributed by atoms with Crippen molar-refractivity contribution in [3.05, 3.63) is 22.4 Å². The third-order valence-corrected chi connectivity index (χ3v) is 3.24. The third kappa shape index (κ3) is 5.42. The standard InChI is InChI=1S/C13H20O2S/c1-11(2)7-9-15-8-3-5-12(14)13-6-4-10-16-13/h4,6,10-11H,3,5,7-9H2,1-2H3. The maximum atomic E-state index is 11.6. The van der Waals surface area contributed by atoms with Gasteiger partial charge < -0.3 is 4.74 Å². The molecule has 0 aliphatic carbocycles. The van der Waals surface area contributed by atoms with Gasteiger partial charge >= 0.3 is 0 Å². The van der Waals surface area contributed by atoms with E-state index in [0.29, 0.717) is 18.9 Å². The molecule has 1 aromatic rings. The van der Waals surface area contributed by atoms with Crippen LogP contribution in [0.15, 0.2) is 17.5 Å². The summed E-state index contributed by atoms with van der Waals surface area (Å²) in [6, 6.07) is 3.80.